The Hall–Kier alpha value is -4.01. The second-order valence-corrected chi connectivity index (χ2v) is 6.49. The van der Waals surface area contributed by atoms with Crippen LogP contribution < -0.4 is 15.5 Å². The number of halogens is 3. The summed E-state index contributed by atoms with van der Waals surface area (Å²) in [7, 11) is 0. The van der Waals surface area contributed by atoms with Gasteiger partial charge in [-0.05, 0) is 42.5 Å². The highest BCUT2D eigenvalue weighted by Crippen LogP contribution is 2.34. The minimum atomic E-state index is -4.61. The molecule has 0 aliphatic rings. The summed E-state index contributed by atoms with van der Waals surface area (Å²) in [5.41, 5.74) is -1.39. The number of rotatable bonds is 5. The summed E-state index contributed by atoms with van der Waals surface area (Å²) in [6.07, 6.45) is -3.15. The Kier molecular flexibility index (Phi) is 5.24. The van der Waals surface area contributed by atoms with Gasteiger partial charge in [-0.1, -0.05) is 12.1 Å². The molecule has 158 valence electrons. The van der Waals surface area contributed by atoms with E-state index in [2.05, 4.69) is 5.32 Å². The average Bonchev–Trinajstić information content (AvgIpc) is 3.27. The van der Waals surface area contributed by atoms with E-state index in [1.54, 1.807) is 12.1 Å². The molecule has 2 heterocycles. The second-order valence-electron chi connectivity index (χ2n) is 6.49. The summed E-state index contributed by atoms with van der Waals surface area (Å²) in [6.45, 7) is -0.548. The van der Waals surface area contributed by atoms with E-state index < -0.39 is 24.3 Å². The van der Waals surface area contributed by atoms with Gasteiger partial charge in [-0.2, -0.15) is 13.2 Å². The number of furan rings is 1. The van der Waals surface area contributed by atoms with Crippen molar-refractivity contribution < 1.29 is 31.5 Å². The summed E-state index contributed by atoms with van der Waals surface area (Å²) < 4.78 is 55.3. The van der Waals surface area contributed by atoms with Crippen LogP contribution >= 0.6 is 0 Å². The molecule has 0 radical (unpaired) electrons. The molecule has 9 heteroatoms. The summed E-state index contributed by atoms with van der Waals surface area (Å²) >= 11 is 0. The maximum atomic E-state index is 13.0. The molecule has 0 atom stereocenters. The Labute approximate surface area is 172 Å². The van der Waals surface area contributed by atoms with E-state index >= 15 is 0 Å². The van der Waals surface area contributed by atoms with Gasteiger partial charge in [0.25, 0.3) is 5.91 Å². The van der Waals surface area contributed by atoms with Crippen LogP contribution in [-0.2, 0) is 11.0 Å². The molecule has 0 spiro atoms. The number of ether oxygens (including phenoxy) is 1. The lowest BCUT2D eigenvalue weighted by molar-refractivity contribution is -0.137. The molecule has 0 aliphatic heterocycles. The summed E-state index contributed by atoms with van der Waals surface area (Å²) in [5, 5.41) is 2.40. The molecule has 0 aliphatic carbocycles. The lowest BCUT2D eigenvalue weighted by Gasteiger charge is -2.13. The number of nitrogens with one attached hydrogen (secondary N) is 1. The van der Waals surface area contributed by atoms with E-state index in [0.29, 0.717) is 5.76 Å². The number of hydrogen-bond acceptors (Lipinski definition) is 5. The van der Waals surface area contributed by atoms with E-state index in [0.717, 1.165) is 12.1 Å². The summed E-state index contributed by atoms with van der Waals surface area (Å²) in [5.74, 6) is 0.0656. The van der Waals surface area contributed by atoms with Crippen molar-refractivity contribution in [2.45, 2.75) is 6.18 Å². The zero-order valence-corrected chi connectivity index (χ0v) is 15.7. The van der Waals surface area contributed by atoms with Gasteiger partial charge in [0.2, 0.25) is 0 Å². The van der Waals surface area contributed by atoms with Crippen LogP contribution in [0.1, 0.15) is 5.56 Å². The molecule has 6 nitrogen and oxygen atoms in total. The maximum Gasteiger partial charge on any atom is 0.418 e. The predicted octanol–water partition coefficient (Wildman–Crippen LogP) is 5.09. The summed E-state index contributed by atoms with van der Waals surface area (Å²) in [4.78, 5) is 24.5. The van der Waals surface area contributed by atoms with Crippen molar-refractivity contribution in [3.05, 3.63) is 82.7 Å². The van der Waals surface area contributed by atoms with Gasteiger partial charge >= 0.3 is 6.18 Å². The number of hydrogen-bond donors (Lipinski definition) is 1. The van der Waals surface area contributed by atoms with Gasteiger partial charge in [-0.25, -0.2) is 0 Å². The van der Waals surface area contributed by atoms with Crippen LogP contribution in [-0.4, -0.2) is 12.5 Å². The molecule has 4 aromatic rings. The number of benzene rings is 2. The number of carbonyl (C=O) groups is 1. The van der Waals surface area contributed by atoms with Gasteiger partial charge in [-0.3, -0.25) is 9.59 Å². The first kappa shape index (κ1) is 20.3. The Balaban J connectivity index is 1.48. The Morgan fingerprint density at radius 1 is 1.00 bits per heavy atom. The molecule has 4 rings (SSSR count). The van der Waals surface area contributed by atoms with Crippen molar-refractivity contribution in [3.8, 4) is 17.3 Å². The Morgan fingerprint density at radius 2 is 1.81 bits per heavy atom. The maximum absolute atomic E-state index is 13.0. The molecule has 0 bridgehead atoms. The highest BCUT2D eigenvalue weighted by molar-refractivity contribution is 5.92. The number of para-hydroxylation sites is 1. The minimum absolute atomic E-state index is 0.185. The molecule has 31 heavy (non-hydrogen) atoms. The van der Waals surface area contributed by atoms with Crippen LogP contribution in [0.25, 0.3) is 22.5 Å². The molecular formula is C22H14F3NO5. The molecule has 0 unspecified atom stereocenters. The van der Waals surface area contributed by atoms with Gasteiger partial charge < -0.3 is 18.9 Å². The first-order valence-electron chi connectivity index (χ1n) is 9.02. The third kappa shape index (κ3) is 4.45. The highest BCUT2D eigenvalue weighted by atomic mass is 19.4. The minimum Gasteiger partial charge on any atom is -0.484 e. The van der Waals surface area contributed by atoms with Crippen molar-refractivity contribution >= 4 is 22.6 Å². The van der Waals surface area contributed by atoms with Crippen molar-refractivity contribution in [2.75, 3.05) is 11.9 Å². The van der Waals surface area contributed by atoms with Gasteiger partial charge in [0.15, 0.2) is 23.6 Å². The SMILES string of the molecule is O=C(COc1ccc2oc(-c3ccco3)cc(=O)c2c1)Nc1ccccc1C(F)(F)F. The number of fused-ring (bicyclic) bond motifs is 1. The second kappa shape index (κ2) is 8.02. The lowest BCUT2D eigenvalue weighted by Crippen LogP contribution is -2.22. The predicted molar refractivity (Wildman–Crippen MR) is 106 cm³/mol. The van der Waals surface area contributed by atoms with Gasteiger partial charge in [-0.15, -0.1) is 0 Å². The van der Waals surface area contributed by atoms with E-state index in [4.69, 9.17) is 13.6 Å². The van der Waals surface area contributed by atoms with Gasteiger partial charge in [0.05, 0.1) is 22.9 Å². The van der Waals surface area contributed by atoms with Crippen LogP contribution in [0, 0.1) is 0 Å². The first-order valence-corrected chi connectivity index (χ1v) is 9.02. The standard InChI is InChI=1S/C22H14F3NO5/c23-22(24,25)15-4-1-2-5-16(15)26-21(28)12-30-13-7-8-18-14(10-13)17(27)11-20(31-18)19-6-3-9-29-19/h1-11H,12H2,(H,26,28). The van der Waals surface area contributed by atoms with E-state index in [1.807, 2.05) is 0 Å². The Bertz CT molecular complexity index is 1290. The van der Waals surface area contributed by atoms with E-state index in [9.17, 15) is 22.8 Å². The van der Waals surface area contributed by atoms with E-state index in [-0.39, 0.29) is 33.6 Å². The number of alkyl halides is 3. The molecule has 2 aromatic carbocycles. The third-order valence-corrected chi connectivity index (χ3v) is 4.34. The molecule has 1 amide bonds. The topological polar surface area (TPSA) is 81.7 Å². The van der Waals surface area contributed by atoms with Crippen LogP contribution in [0.5, 0.6) is 5.75 Å². The lowest BCUT2D eigenvalue weighted by atomic mass is 10.1. The van der Waals surface area contributed by atoms with Crippen molar-refractivity contribution in [3.63, 3.8) is 0 Å². The van der Waals surface area contributed by atoms with Crippen molar-refractivity contribution in [2.24, 2.45) is 0 Å². The number of anilines is 1. The number of carbonyl (C=O) groups excluding carboxylic acids is 1. The first-order chi connectivity index (χ1) is 14.8. The largest absolute Gasteiger partial charge is 0.484 e. The third-order valence-electron chi connectivity index (χ3n) is 4.34. The highest BCUT2D eigenvalue weighted by Gasteiger charge is 2.33. The fraction of sp³-hybridized carbons (Fsp3) is 0.0909. The zero-order chi connectivity index (χ0) is 22.0. The smallest absolute Gasteiger partial charge is 0.418 e. The fourth-order valence-electron chi connectivity index (χ4n) is 2.94. The monoisotopic (exact) mass is 429 g/mol. The van der Waals surface area contributed by atoms with Crippen molar-refractivity contribution in [1.29, 1.82) is 0 Å². The normalized spacial score (nSPS) is 11.5. The average molecular weight is 429 g/mol. The summed E-state index contributed by atoms with van der Waals surface area (Å²) in [6, 6.07) is 13.6. The molecule has 2 aromatic heterocycles. The van der Waals surface area contributed by atoms with Crippen LogP contribution in [0.4, 0.5) is 18.9 Å². The molecule has 1 N–H and O–H groups in total. The van der Waals surface area contributed by atoms with E-state index in [1.165, 1.54) is 42.7 Å². The van der Waals surface area contributed by atoms with Gasteiger partial charge in [0.1, 0.15) is 11.3 Å². The molecule has 0 saturated heterocycles. The van der Waals surface area contributed by atoms with Crippen LogP contribution in [0.15, 0.2) is 80.6 Å². The molecular weight excluding hydrogens is 415 g/mol. The van der Waals surface area contributed by atoms with Crippen LogP contribution in [0.2, 0.25) is 0 Å². The molecule has 0 saturated carbocycles. The zero-order valence-electron chi connectivity index (χ0n) is 15.7. The quantitative estimate of drug-likeness (QED) is 0.478. The Morgan fingerprint density at radius 3 is 2.55 bits per heavy atom. The molecule has 0 fully saturated rings. The van der Waals surface area contributed by atoms with Crippen LogP contribution in [0.3, 0.4) is 0 Å². The number of amides is 1. The fourth-order valence-corrected chi connectivity index (χ4v) is 2.94. The van der Waals surface area contributed by atoms with Gasteiger partial charge in [0, 0.05) is 6.07 Å². The van der Waals surface area contributed by atoms with Crippen molar-refractivity contribution in [1.82, 2.24) is 0 Å².